The van der Waals surface area contributed by atoms with Gasteiger partial charge in [0.1, 0.15) is 11.5 Å². The third-order valence-corrected chi connectivity index (χ3v) is 11.8. The second-order valence-corrected chi connectivity index (χ2v) is 16.2. The Morgan fingerprint density at radius 1 is 0.660 bits per heavy atom. The van der Waals surface area contributed by atoms with Gasteiger partial charge in [0.05, 0.1) is 29.1 Å². The van der Waals surface area contributed by atoms with Gasteiger partial charge < -0.3 is 4.42 Å². The lowest BCUT2D eigenvalue weighted by Gasteiger charge is -2.21. The van der Waals surface area contributed by atoms with Crippen molar-refractivity contribution in [3.63, 3.8) is 0 Å². The molecule has 15 heteroatoms. The fraction of sp³-hybridized carbons (Fsp3) is 0.143. The van der Waals surface area contributed by atoms with Crippen molar-refractivity contribution in [3.8, 4) is 0 Å². The number of hydrogen-bond donors (Lipinski definition) is 1. The number of benzene rings is 4. The van der Waals surface area contributed by atoms with E-state index in [1.807, 2.05) is 30.3 Å². The molecule has 1 aromatic heterocycles. The number of amides is 1. The largest absolute Gasteiger partial charge is 0.459 e. The molecule has 1 amide bonds. The molecule has 0 fully saturated rings. The van der Waals surface area contributed by atoms with Gasteiger partial charge in [-0.1, -0.05) is 77.3 Å². The number of hydrogen-bond acceptors (Lipinski definition) is 7. The van der Waals surface area contributed by atoms with Crippen LogP contribution in [0.5, 0.6) is 0 Å². The van der Waals surface area contributed by atoms with Crippen molar-refractivity contribution < 1.29 is 26.0 Å². The molecular weight excluding hydrogens is 743 g/mol. The van der Waals surface area contributed by atoms with Gasteiger partial charge in [-0.3, -0.25) is 4.79 Å². The van der Waals surface area contributed by atoms with Crippen LogP contribution in [0.2, 0.25) is 15.1 Å². The van der Waals surface area contributed by atoms with Crippen LogP contribution >= 0.6 is 34.8 Å². The van der Waals surface area contributed by atoms with Gasteiger partial charge in [0.2, 0.25) is 20.0 Å². The highest BCUT2D eigenvalue weighted by atomic mass is 35.5. The van der Waals surface area contributed by atoms with E-state index >= 15 is 0 Å². The van der Waals surface area contributed by atoms with Crippen LogP contribution < -0.4 is 5.43 Å². The zero-order chi connectivity index (χ0) is 35.7. The molecule has 5 rings (SSSR count). The number of furan rings is 1. The van der Waals surface area contributed by atoms with Gasteiger partial charge in [0.15, 0.2) is 0 Å². The molecule has 1 heterocycles. The lowest BCUT2D eigenvalue weighted by atomic mass is 10.1. The average molecular weight is 774 g/mol. The molecule has 0 unspecified atom stereocenters. The maximum absolute atomic E-state index is 13.7. The number of carbonyl (C=O) groups is 1. The second-order valence-electron chi connectivity index (χ2n) is 11.0. The number of nitrogens with one attached hydrogen (secondary N) is 1. The first-order valence-corrected chi connectivity index (χ1v) is 19.1. The molecule has 0 bridgehead atoms. The first kappa shape index (κ1) is 37.3. The molecule has 0 atom stereocenters. The molecule has 0 radical (unpaired) electrons. The van der Waals surface area contributed by atoms with Crippen molar-refractivity contribution in [2.45, 2.75) is 29.3 Å². The number of sulfonamides is 2. The third kappa shape index (κ3) is 10.0. The predicted molar refractivity (Wildman–Crippen MR) is 194 cm³/mol. The highest BCUT2D eigenvalue weighted by molar-refractivity contribution is 7.89. The summed E-state index contributed by atoms with van der Waals surface area (Å²) in [5.74, 6) is -0.141. The van der Waals surface area contributed by atoms with Crippen molar-refractivity contribution in [1.82, 2.24) is 14.0 Å². The Morgan fingerprint density at radius 2 is 1.20 bits per heavy atom. The summed E-state index contributed by atoms with van der Waals surface area (Å²) in [6, 6.07) is 30.9. The Bertz CT molecular complexity index is 2140. The van der Waals surface area contributed by atoms with Gasteiger partial charge in [-0.2, -0.15) is 13.7 Å². The van der Waals surface area contributed by atoms with E-state index in [0.29, 0.717) is 32.8 Å². The van der Waals surface area contributed by atoms with Crippen LogP contribution in [0.25, 0.3) is 0 Å². The van der Waals surface area contributed by atoms with Gasteiger partial charge in [-0.05, 0) is 90.3 Å². The van der Waals surface area contributed by atoms with Crippen LogP contribution in [-0.2, 0) is 44.4 Å². The van der Waals surface area contributed by atoms with Crippen LogP contribution in [0.1, 0.15) is 22.6 Å². The zero-order valence-corrected chi connectivity index (χ0v) is 30.2. The Balaban J connectivity index is 1.27. The van der Waals surface area contributed by atoms with Gasteiger partial charge in [0.25, 0.3) is 5.91 Å². The van der Waals surface area contributed by atoms with E-state index in [1.54, 1.807) is 36.4 Å². The van der Waals surface area contributed by atoms with Crippen molar-refractivity contribution in [3.05, 3.63) is 153 Å². The standard InChI is InChI=1S/C35H31Cl3N4O6S2/c36-28-8-6-27(7-9-28)23-42(50(46,47)34-18-12-30(38)13-19-34)24-32-15-14-31(48-32)22-39-40-35(43)25-41(21-20-26-4-2-1-3-5-26)49(44,45)33-16-10-29(37)11-17-33/h1-19,22H,20-21,23-25H2,(H,40,43)/b39-22-. The number of hydrazone groups is 1. The Kier molecular flexibility index (Phi) is 12.5. The molecule has 50 heavy (non-hydrogen) atoms. The van der Waals surface area contributed by atoms with Gasteiger partial charge in [0, 0.05) is 28.2 Å². The minimum Gasteiger partial charge on any atom is -0.459 e. The second kappa shape index (κ2) is 16.8. The lowest BCUT2D eigenvalue weighted by Crippen LogP contribution is -2.40. The molecule has 0 aliphatic rings. The van der Waals surface area contributed by atoms with Gasteiger partial charge in [-0.15, -0.1) is 0 Å². The molecule has 5 aromatic rings. The van der Waals surface area contributed by atoms with Gasteiger partial charge in [-0.25, -0.2) is 22.3 Å². The van der Waals surface area contributed by atoms with Crippen LogP contribution in [0.4, 0.5) is 0 Å². The summed E-state index contributed by atoms with van der Waals surface area (Å²) >= 11 is 18.0. The smallest absolute Gasteiger partial charge is 0.255 e. The fourth-order valence-corrected chi connectivity index (χ4v) is 7.97. The quantitative estimate of drug-likeness (QED) is 0.0900. The summed E-state index contributed by atoms with van der Waals surface area (Å²) in [5, 5.41) is 5.24. The Labute approximate surface area is 306 Å². The van der Waals surface area contributed by atoms with E-state index in [2.05, 4.69) is 10.5 Å². The first-order chi connectivity index (χ1) is 23.9. The van der Waals surface area contributed by atoms with Crippen molar-refractivity contribution in [2.24, 2.45) is 5.10 Å². The highest BCUT2D eigenvalue weighted by Crippen LogP contribution is 2.24. The van der Waals surface area contributed by atoms with E-state index < -0.39 is 32.5 Å². The molecule has 0 aliphatic heterocycles. The molecule has 0 aliphatic carbocycles. The van der Waals surface area contributed by atoms with E-state index in [4.69, 9.17) is 39.2 Å². The topological polar surface area (TPSA) is 129 Å². The van der Waals surface area contributed by atoms with Crippen LogP contribution in [0, 0.1) is 0 Å². The molecule has 1 N–H and O–H groups in total. The van der Waals surface area contributed by atoms with Crippen molar-refractivity contribution >= 4 is 67.0 Å². The number of carbonyl (C=O) groups excluding carboxylic acids is 1. The average Bonchev–Trinajstić information content (AvgIpc) is 3.55. The third-order valence-electron chi connectivity index (χ3n) is 7.38. The van der Waals surface area contributed by atoms with E-state index in [-0.39, 0.29) is 35.2 Å². The minimum atomic E-state index is -4.05. The van der Waals surface area contributed by atoms with Crippen LogP contribution in [0.3, 0.4) is 0 Å². The maximum atomic E-state index is 13.7. The Morgan fingerprint density at radius 3 is 1.78 bits per heavy atom. The van der Waals surface area contributed by atoms with Crippen molar-refractivity contribution in [2.75, 3.05) is 13.1 Å². The molecule has 4 aromatic carbocycles. The summed E-state index contributed by atoms with van der Waals surface area (Å²) in [5.41, 5.74) is 3.96. The number of nitrogens with zero attached hydrogens (tertiary/aromatic N) is 3. The highest BCUT2D eigenvalue weighted by Gasteiger charge is 2.28. The zero-order valence-electron chi connectivity index (χ0n) is 26.3. The molecule has 0 spiro atoms. The minimum absolute atomic E-state index is 0.00226. The molecule has 0 saturated heterocycles. The Hall–Kier alpha value is -4.01. The van der Waals surface area contributed by atoms with Crippen LogP contribution in [0.15, 0.2) is 135 Å². The lowest BCUT2D eigenvalue weighted by molar-refractivity contribution is -0.121. The fourth-order valence-electron chi connectivity index (χ4n) is 4.80. The van der Waals surface area contributed by atoms with E-state index in [0.717, 1.165) is 9.87 Å². The number of halogens is 3. The maximum Gasteiger partial charge on any atom is 0.255 e. The summed E-state index contributed by atoms with van der Waals surface area (Å²) in [6.07, 6.45) is 1.61. The van der Waals surface area contributed by atoms with Crippen LogP contribution in [-0.4, -0.2) is 50.7 Å². The monoisotopic (exact) mass is 772 g/mol. The summed E-state index contributed by atoms with van der Waals surface area (Å²) in [7, 11) is -8.03. The normalized spacial score (nSPS) is 12.2. The SMILES string of the molecule is O=C(CN(CCc1ccccc1)S(=O)(=O)c1ccc(Cl)cc1)N/N=C\c1ccc(CN(Cc2ccc(Cl)cc2)S(=O)(=O)c2ccc(Cl)cc2)o1. The summed E-state index contributed by atoms with van der Waals surface area (Å²) in [4.78, 5) is 13.0. The molecule has 260 valence electrons. The predicted octanol–water partition coefficient (Wildman–Crippen LogP) is 7.01. The van der Waals surface area contributed by atoms with E-state index in [9.17, 15) is 21.6 Å². The number of rotatable bonds is 15. The molecule has 10 nitrogen and oxygen atoms in total. The van der Waals surface area contributed by atoms with Gasteiger partial charge >= 0.3 is 0 Å². The summed E-state index contributed by atoms with van der Waals surface area (Å²) < 4.78 is 62.4. The first-order valence-electron chi connectivity index (χ1n) is 15.1. The van der Waals surface area contributed by atoms with Crippen molar-refractivity contribution in [1.29, 1.82) is 0 Å². The molecular formula is C35H31Cl3N4O6S2. The van der Waals surface area contributed by atoms with E-state index in [1.165, 1.54) is 59.1 Å². The molecule has 0 saturated carbocycles. The summed E-state index contributed by atoms with van der Waals surface area (Å²) in [6.45, 7) is -0.547.